The van der Waals surface area contributed by atoms with Crippen molar-refractivity contribution in [3.8, 4) is 0 Å². The third kappa shape index (κ3) is 48.0. The highest BCUT2D eigenvalue weighted by Crippen LogP contribution is 2.16. The van der Waals surface area contributed by atoms with Crippen LogP contribution in [0.1, 0.15) is 245 Å². The van der Waals surface area contributed by atoms with Crippen LogP contribution in [0.15, 0.2) is 72.9 Å². The first-order valence-corrected chi connectivity index (χ1v) is 25.5. The molecule has 0 rings (SSSR count). The number of unbranched alkanes of at least 4 members (excludes halogenated alkanes) is 26. The van der Waals surface area contributed by atoms with Crippen molar-refractivity contribution < 1.29 is 24.2 Å². The normalized spacial score (nSPS) is 12.8. The highest BCUT2D eigenvalue weighted by Gasteiger charge is 2.15. The molecule has 0 spiro atoms. The van der Waals surface area contributed by atoms with E-state index in [1.165, 1.54) is 154 Å². The molecule has 0 amide bonds. The third-order valence-electron chi connectivity index (χ3n) is 11.0. The van der Waals surface area contributed by atoms with Crippen LogP contribution in [-0.4, -0.2) is 36.4 Å². The standard InChI is InChI=1S/C55H96O5/c1-3-5-7-9-11-13-15-17-19-21-23-24-25-26-27-28-29-30-32-33-35-37-39-41-43-45-47-49-54(57)59-52-53(51-56)60-55(58)50-48-46-44-42-40-38-36-34-31-22-20-18-16-14-12-10-8-6-4-2/h6,8,12,14,18,20,31,34,38,40,44,46,53,56H,3-5,7,9-11,13,15-17,19,21-30,32-33,35-37,39,41-43,45,47-52H2,1-2H3/b8-6-,14-12-,20-18-,34-31-,40-38-,46-44-. The van der Waals surface area contributed by atoms with Crippen molar-refractivity contribution in [3.63, 3.8) is 0 Å². The second kappa shape index (κ2) is 50.7. The minimum atomic E-state index is -0.814. The lowest BCUT2D eigenvalue weighted by atomic mass is 10.0. The van der Waals surface area contributed by atoms with Gasteiger partial charge in [-0.2, -0.15) is 0 Å². The molecule has 0 radical (unpaired) electrons. The van der Waals surface area contributed by atoms with E-state index in [9.17, 15) is 14.7 Å². The molecule has 0 bridgehead atoms. The molecule has 5 nitrogen and oxygen atoms in total. The summed E-state index contributed by atoms with van der Waals surface area (Å²) in [7, 11) is 0. The molecule has 346 valence electrons. The van der Waals surface area contributed by atoms with E-state index >= 15 is 0 Å². The van der Waals surface area contributed by atoms with Crippen LogP contribution in [0.4, 0.5) is 0 Å². The first-order valence-electron chi connectivity index (χ1n) is 25.5. The van der Waals surface area contributed by atoms with Crippen LogP contribution in [0.2, 0.25) is 0 Å². The Hall–Kier alpha value is -2.66. The molecule has 0 aliphatic rings. The maximum atomic E-state index is 12.2. The molecule has 0 saturated carbocycles. The van der Waals surface area contributed by atoms with Gasteiger partial charge >= 0.3 is 11.9 Å². The second-order valence-electron chi connectivity index (χ2n) is 16.9. The van der Waals surface area contributed by atoms with Gasteiger partial charge in [0.15, 0.2) is 6.10 Å². The molecule has 0 aliphatic carbocycles. The average molecular weight is 837 g/mol. The zero-order valence-electron chi connectivity index (χ0n) is 39.5. The van der Waals surface area contributed by atoms with E-state index in [0.29, 0.717) is 12.8 Å². The number of carbonyl (C=O) groups is 2. The number of hydrogen-bond acceptors (Lipinski definition) is 5. The Morgan fingerprint density at radius 2 is 0.717 bits per heavy atom. The maximum absolute atomic E-state index is 12.2. The van der Waals surface area contributed by atoms with Crippen LogP contribution < -0.4 is 0 Å². The summed E-state index contributed by atoms with van der Waals surface area (Å²) in [6.45, 7) is 3.99. The quantitative estimate of drug-likeness (QED) is 0.0376. The van der Waals surface area contributed by atoms with Gasteiger partial charge < -0.3 is 14.6 Å². The molecule has 0 saturated heterocycles. The summed E-state index contributed by atoms with van der Waals surface area (Å²) >= 11 is 0. The second-order valence-corrected chi connectivity index (χ2v) is 16.9. The zero-order chi connectivity index (χ0) is 43.5. The first-order chi connectivity index (χ1) is 29.6. The van der Waals surface area contributed by atoms with Crippen molar-refractivity contribution in [3.05, 3.63) is 72.9 Å². The number of aliphatic hydroxyl groups is 1. The highest BCUT2D eigenvalue weighted by atomic mass is 16.6. The van der Waals surface area contributed by atoms with Crippen molar-refractivity contribution >= 4 is 11.9 Å². The molecule has 1 N–H and O–H groups in total. The summed E-state index contributed by atoms with van der Waals surface area (Å²) < 4.78 is 10.6. The van der Waals surface area contributed by atoms with Gasteiger partial charge in [0.05, 0.1) is 6.61 Å². The maximum Gasteiger partial charge on any atom is 0.306 e. The summed E-state index contributed by atoms with van der Waals surface area (Å²) in [4.78, 5) is 24.4. The van der Waals surface area contributed by atoms with Crippen LogP contribution in [0, 0.1) is 0 Å². The van der Waals surface area contributed by atoms with E-state index in [0.717, 1.165) is 57.8 Å². The lowest BCUT2D eigenvalue weighted by Gasteiger charge is -2.15. The van der Waals surface area contributed by atoms with Crippen molar-refractivity contribution in [1.29, 1.82) is 0 Å². The van der Waals surface area contributed by atoms with Crippen LogP contribution in [0.3, 0.4) is 0 Å². The number of hydrogen-bond donors (Lipinski definition) is 1. The van der Waals surface area contributed by atoms with Crippen molar-refractivity contribution in [1.82, 2.24) is 0 Å². The Kier molecular flexibility index (Phi) is 48.4. The summed E-state index contributed by atoms with van der Waals surface area (Å²) in [5.41, 5.74) is 0. The molecule has 60 heavy (non-hydrogen) atoms. The van der Waals surface area contributed by atoms with Crippen molar-refractivity contribution in [2.45, 2.75) is 251 Å². The lowest BCUT2D eigenvalue weighted by molar-refractivity contribution is -0.161. The van der Waals surface area contributed by atoms with E-state index in [-0.39, 0.29) is 25.6 Å². The predicted molar refractivity (Wildman–Crippen MR) is 260 cm³/mol. The molecule has 5 heteroatoms. The molecule has 0 heterocycles. The van der Waals surface area contributed by atoms with Crippen LogP contribution >= 0.6 is 0 Å². The van der Waals surface area contributed by atoms with Crippen LogP contribution in [0.5, 0.6) is 0 Å². The van der Waals surface area contributed by atoms with Crippen LogP contribution in [-0.2, 0) is 19.1 Å². The van der Waals surface area contributed by atoms with E-state index in [1.807, 2.05) is 12.2 Å². The van der Waals surface area contributed by atoms with Gasteiger partial charge in [0.2, 0.25) is 0 Å². The van der Waals surface area contributed by atoms with Crippen LogP contribution in [0.25, 0.3) is 0 Å². The fraction of sp³-hybridized carbons (Fsp3) is 0.745. The largest absolute Gasteiger partial charge is 0.462 e. The smallest absolute Gasteiger partial charge is 0.306 e. The zero-order valence-corrected chi connectivity index (χ0v) is 39.5. The van der Waals surface area contributed by atoms with Gasteiger partial charge in [-0.25, -0.2) is 0 Å². The summed E-state index contributed by atoms with van der Waals surface area (Å²) in [5.74, 6) is -0.683. The Labute approximate surface area is 372 Å². The Morgan fingerprint density at radius 3 is 1.05 bits per heavy atom. The van der Waals surface area contributed by atoms with Crippen molar-refractivity contribution in [2.24, 2.45) is 0 Å². The van der Waals surface area contributed by atoms with Gasteiger partial charge in [-0.3, -0.25) is 9.59 Å². The predicted octanol–water partition coefficient (Wildman–Crippen LogP) is 16.9. The third-order valence-corrected chi connectivity index (χ3v) is 11.0. The van der Waals surface area contributed by atoms with Gasteiger partial charge in [0, 0.05) is 12.8 Å². The van der Waals surface area contributed by atoms with Gasteiger partial charge in [0.25, 0.3) is 0 Å². The van der Waals surface area contributed by atoms with Gasteiger partial charge in [-0.1, -0.05) is 254 Å². The fourth-order valence-electron chi connectivity index (χ4n) is 7.23. The highest BCUT2D eigenvalue weighted by molar-refractivity contribution is 5.70. The van der Waals surface area contributed by atoms with Crippen molar-refractivity contribution in [2.75, 3.05) is 13.2 Å². The molecular formula is C55H96O5. The monoisotopic (exact) mass is 837 g/mol. The lowest BCUT2D eigenvalue weighted by Crippen LogP contribution is -2.28. The number of allylic oxidation sites excluding steroid dienone is 12. The Bertz CT molecular complexity index is 1080. The minimum absolute atomic E-state index is 0.0967. The van der Waals surface area contributed by atoms with E-state index < -0.39 is 12.1 Å². The average Bonchev–Trinajstić information content (AvgIpc) is 3.25. The number of ether oxygens (including phenoxy) is 2. The summed E-state index contributed by atoms with van der Waals surface area (Å²) in [6, 6.07) is 0. The number of carbonyl (C=O) groups excluding carboxylic acids is 2. The van der Waals surface area contributed by atoms with Gasteiger partial charge in [0.1, 0.15) is 6.61 Å². The molecule has 1 atom stereocenters. The summed E-state index contributed by atoms with van der Waals surface area (Å²) in [6.07, 6.45) is 68.8. The van der Waals surface area contributed by atoms with Gasteiger partial charge in [-0.05, 0) is 51.4 Å². The van der Waals surface area contributed by atoms with E-state index in [4.69, 9.17) is 9.47 Å². The molecule has 0 aromatic heterocycles. The number of rotatable bonds is 46. The molecule has 0 aliphatic heterocycles. The summed E-state index contributed by atoms with van der Waals surface area (Å²) in [5, 5.41) is 9.60. The van der Waals surface area contributed by atoms with E-state index in [2.05, 4.69) is 74.6 Å². The molecule has 0 fully saturated rings. The molecule has 1 unspecified atom stereocenters. The first kappa shape index (κ1) is 57.3. The fourth-order valence-corrected chi connectivity index (χ4v) is 7.23. The molecule has 0 aromatic carbocycles. The van der Waals surface area contributed by atoms with Gasteiger partial charge in [-0.15, -0.1) is 0 Å². The molecular weight excluding hydrogens is 741 g/mol. The molecule has 0 aromatic rings. The SMILES string of the molecule is CC/C=C\C/C=C\C/C=C\C/C=C\C/C=C\C/C=C\CCC(=O)OC(CO)COC(=O)CCCCCCCCCCCCCCCCCCCCCCCCCCCCC. The minimum Gasteiger partial charge on any atom is -0.462 e. The topological polar surface area (TPSA) is 72.8 Å². The Morgan fingerprint density at radius 1 is 0.400 bits per heavy atom. The number of aliphatic hydroxyl groups excluding tert-OH is 1. The number of esters is 2. The Balaban J connectivity index is 3.54. The van der Waals surface area contributed by atoms with E-state index in [1.54, 1.807) is 0 Å².